The Balaban J connectivity index is 1.71. The van der Waals surface area contributed by atoms with Gasteiger partial charge in [-0.2, -0.15) is 12.6 Å². The van der Waals surface area contributed by atoms with Gasteiger partial charge >= 0.3 is 12.1 Å². The topological polar surface area (TPSA) is 138 Å². The Labute approximate surface area is 312 Å². The fourth-order valence-electron chi connectivity index (χ4n) is 6.75. The highest BCUT2D eigenvalue weighted by Crippen LogP contribution is 2.49. The van der Waals surface area contributed by atoms with Crippen molar-refractivity contribution >= 4 is 53.8 Å². The number of carbonyl (C=O) groups excluding carboxylic acids is 4. The molecule has 0 aliphatic carbocycles. The first-order chi connectivity index (χ1) is 23.6. The molecule has 0 saturated carbocycles. The number of esters is 1. The number of nitrogens with zero attached hydrogens (tertiary/aromatic N) is 2. The van der Waals surface area contributed by atoms with E-state index in [9.17, 15) is 24.3 Å². The molecule has 3 aliphatic heterocycles. The van der Waals surface area contributed by atoms with Gasteiger partial charge in [0.1, 0.15) is 29.6 Å². The first-order valence-corrected chi connectivity index (χ1v) is 18.4. The van der Waals surface area contributed by atoms with Gasteiger partial charge < -0.3 is 29.1 Å². The number of anilines is 1. The summed E-state index contributed by atoms with van der Waals surface area (Å²) < 4.78 is 17.7. The van der Waals surface area contributed by atoms with Crippen molar-refractivity contribution in [2.24, 2.45) is 11.8 Å². The van der Waals surface area contributed by atoms with E-state index in [1.165, 1.54) is 9.80 Å². The van der Waals surface area contributed by atoms with Gasteiger partial charge in [-0.25, -0.2) is 9.59 Å². The van der Waals surface area contributed by atoms with Gasteiger partial charge in [-0.05, 0) is 57.7 Å². The maximum Gasteiger partial charge on any atom is 0.409 e. The van der Waals surface area contributed by atoms with E-state index < -0.39 is 59.6 Å². The Bertz CT molecular complexity index is 1590. The van der Waals surface area contributed by atoms with E-state index in [-0.39, 0.29) is 35.8 Å². The van der Waals surface area contributed by atoms with Crippen LogP contribution in [0.25, 0.3) is 0 Å². The number of nitrogens with one attached hydrogen (secondary N) is 1. The molecule has 3 amide bonds. The number of fused-ring (bicyclic) bond motifs is 5. The number of hydrogen-bond donors (Lipinski definition) is 3. The monoisotopic (exact) mass is 747 g/mol. The van der Waals surface area contributed by atoms with E-state index in [0.29, 0.717) is 23.6 Å². The number of rotatable bonds is 6. The van der Waals surface area contributed by atoms with Crippen LogP contribution < -0.4 is 10.2 Å². The predicted molar refractivity (Wildman–Crippen MR) is 200 cm³/mol. The number of amides is 3. The second kappa shape index (κ2) is 15.5. The molecule has 0 radical (unpaired) electrons. The summed E-state index contributed by atoms with van der Waals surface area (Å²) in [6.07, 6.45) is 3.57. The van der Waals surface area contributed by atoms with Gasteiger partial charge in [-0.15, -0.1) is 0 Å². The number of epoxide rings is 1. The van der Waals surface area contributed by atoms with Gasteiger partial charge in [-0.3, -0.25) is 14.9 Å². The number of aliphatic hydroxyl groups is 1. The van der Waals surface area contributed by atoms with Crippen LogP contribution in [0.5, 0.6) is 0 Å². The minimum atomic E-state index is -1.60. The molecule has 0 aromatic heterocycles. The molecule has 2 fully saturated rings. The van der Waals surface area contributed by atoms with Crippen molar-refractivity contribution < 1.29 is 38.5 Å². The van der Waals surface area contributed by atoms with Gasteiger partial charge in [0.2, 0.25) is 11.8 Å². The van der Waals surface area contributed by atoms with Gasteiger partial charge in [0.05, 0.1) is 23.2 Å². The van der Waals surface area contributed by atoms with Crippen molar-refractivity contribution in [3.63, 3.8) is 0 Å². The van der Waals surface area contributed by atoms with E-state index in [4.69, 9.17) is 25.8 Å². The summed E-state index contributed by atoms with van der Waals surface area (Å²) in [5, 5.41) is 14.7. The summed E-state index contributed by atoms with van der Waals surface area (Å²) in [5.74, 6) is -2.23. The minimum Gasteiger partial charge on any atom is -0.457 e. The molecule has 282 valence electrons. The van der Waals surface area contributed by atoms with E-state index in [0.717, 1.165) is 16.7 Å². The van der Waals surface area contributed by atoms with Crippen LogP contribution >= 0.6 is 24.2 Å². The largest absolute Gasteiger partial charge is 0.457 e. The molecule has 0 spiro atoms. The molecule has 51 heavy (non-hydrogen) atoms. The molecule has 1 aromatic carbocycles. The minimum absolute atomic E-state index is 0.0762. The third-order valence-electron chi connectivity index (χ3n) is 10.6. The lowest BCUT2D eigenvalue weighted by atomic mass is 9.82. The Morgan fingerprint density at radius 1 is 1.25 bits per heavy atom. The zero-order valence-corrected chi connectivity index (χ0v) is 33.1. The molecule has 1 aromatic rings. The van der Waals surface area contributed by atoms with E-state index in [1.54, 1.807) is 27.9 Å². The highest BCUT2D eigenvalue weighted by molar-refractivity contribution is 7.81. The first kappa shape index (κ1) is 40.7. The molecule has 3 aliphatic rings. The summed E-state index contributed by atoms with van der Waals surface area (Å²) in [6, 6.07) is 2.89. The van der Waals surface area contributed by atoms with E-state index >= 15 is 0 Å². The average molecular weight is 748 g/mol. The molecule has 4 rings (SSSR count). The number of hydrogen-bond acceptors (Lipinski definition) is 9. The number of benzene rings is 1. The third-order valence-corrected chi connectivity index (χ3v) is 11.3. The van der Waals surface area contributed by atoms with Crippen LogP contribution in [0, 0.1) is 18.8 Å². The Kier molecular flexibility index (Phi) is 12.4. The van der Waals surface area contributed by atoms with Gasteiger partial charge in [0.25, 0.3) is 0 Å². The summed E-state index contributed by atoms with van der Waals surface area (Å²) in [7, 11) is 3.17. The maximum atomic E-state index is 14.1. The summed E-state index contributed by atoms with van der Waals surface area (Å²) >= 11 is 11.3. The summed E-state index contributed by atoms with van der Waals surface area (Å²) in [5.41, 5.74) is 0.530. The van der Waals surface area contributed by atoms with Crippen molar-refractivity contribution in [1.82, 2.24) is 10.2 Å². The van der Waals surface area contributed by atoms with Crippen molar-refractivity contribution in [3.05, 3.63) is 52.1 Å². The standard InChI is InChI=1S/C38H54ClN3O8S/c1-21-12-11-13-23(3)38(47)20-28(48-35(46)40-38)24(4)33-37(8,50-33)29(49-34(45)25(5)41(9)30(43)14-15-36(6,7)51)19-31(44)42(10)27-18-26(16-21)17-22(2)32(27)39/h11-13,17-18,23-25,28-29,33,47,51H,14-16,19-20H2,1-10H3,(H,40,46)/b13-11+,21-12+/t23-,24-,25+,28?,29+,33-,37+,38+/m1/s1. The molecule has 11 nitrogen and oxygen atoms in total. The summed E-state index contributed by atoms with van der Waals surface area (Å²) in [4.78, 5) is 56.3. The van der Waals surface area contributed by atoms with Crippen LogP contribution in [-0.4, -0.2) is 88.4 Å². The van der Waals surface area contributed by atoms with Crippen molar-refractivity contribution in [3.8, 4) is 0 Å². The van der Waals surface area contributed by atoms with E-state index in [2.05, 4.69) is 17.9 Å². The number of thiol groups is 1. The van der Waals surface area contributed by atoms with Crippen LogP contribution in [-0.2, 0) is 35.0 Å². The van der Waals surface area contributed by atoms with Crippen molar-refractivity contribution in [1.29, 1.82) is 0 Å². The number of likely N-dealkylation sites (N-methyl/N-ethyl adjacent to an activating group) is 1. The zero-order chi connectivity index (χ0) is 38.2. The lowest BCUT2D eigenvalue weighted by molar-refractivity contribution is -0.162. The third kappa shape index (κ3) is 9.49. The number of allylic oxidation sites excluding steroid dienone is 3. The number of alkyl carbamates (subject to hydrolysis) is 1. The Morgan fingerprint density at radius 3 is 2.57 bits per heavy atom. The highest BCUT2D eigenvalue weighted by Gasteiger charge is 2.64. The lowest BCUT2D eigenvalue weighted by Crippen LogP contribution is -2.60. The molecule has 8 atom stereocenters. The van der Waals surface area contributed by atoms with Gasteiger partial charge in [0, 0.05) is 43.5 Å². The van der Waals surface area contributed by atoms with Crippen LogP contribution in [0.2, 0.25) is 5.02 Å². The summed E-state index contributed by atoms with van der Waals surface area (Å²) in [6.45, 7) is 14.7. The molecule has 2 N–H and O–H groups in total. The maximum absolute atomic E-state index is 14.1. The van der Waals surface area contributed by atoms with Crippen LogP contribution in [0.4, 0.5) is 10.5 Å². The Morgan fingerprint density at radius 2 is 1.92 bits per heavy atom. The Hall–Kier alpha value is -3.06. The SMILES string of the molecule is C/C1=C\C=C\[C@@H](C)[C@@]2(O)CC(OC(=O)N2)[C@@H](C)[C@H]2O[C@@]2(C)[C@@H](OC(=O)[C@H](C)N(C)C(=O)CCC(C)(C)S)CC(=O)N(C)c2cc(cc(C)c2Cl)C1. The quantitative estimate of drug-likeness (QED) is 0.185. The smallest absolute Gasteiger partial charge is 0.409 e. The number of aryl methyl sites for hydroxylation is 1. The molecule has 2 saturated heterocycles. The van der Waals surface area contributed by atoms with Crippen LogP contribution in [0.15, 0.2) is 35.9 Å². The zero-order valence-electron chi connectivity index (χ0n) is 31.4. The first-order valence-electron chi connectivity index (χ1n) is 17.5. The molecule has 1 unspecified atom stereocenters. The molecular formula is C38H54ClN3O8S. The van der Waals surface area contributed by atoms with Gasteiger partial charge in [-0.1, -0.05) is 69.2 Å². The molecule has 13 heteroatoms. The average Bonchev–Trinajstić information content (AvgIpc) is 3.74. The predicted octanol–water partition coefficient (Wildman–Crippen LogP) is 5.92. The van der Waals surface area contributed by atoms with Crippen molar-refractivity contribution in [2.45, 2.75) is 128 Å². The number of ether oxygens (including phenoxy) is 3. The molecule has 4 bridgehead atoms. The fraction of sp³-hybridized carbons (Fsp3) is 0.632. The number of halogens is 1. The van der Waals surface area contributed by atoms with Crippen LogP contribution in [0.3, 0.4) is 0 Å². The second-order valence-electron chi connectivity index (χ2n) is 15.5. The van der Waals surface area contributed by atoms with E-state index in [1.807, 2.05) is 71.9 Å². The van der Waals surface area contributed by atoms with Crippen LogP contribution in [0.1, 0.15) is 85.3 Å². The molecule has 3 heterocycles. The number of carbonyl (C=O) groups is 4. The highest BCUT2D eigenvalue weighted by atomic mass is 35.5. The van der Waals surface area contributed by atoms with Crippen molar-refractivity contribution in [2.75, 3.05) is 19.0 Å². The lowest BCUT2D eigenvalue weighted by Gasteiger charge is -2.41. The second-order valence-corrected chi connectivity index (χ2v) is 17.1. The van der Waals surface area contributed by atoms with Gasteiger partial charge in [0.15, 0.2) is 0 Å². The molecular weight excluding hydrogens is 694 g/mol. The fourth-order valence-corrected chi connectivity index (χ4v) is 7.10. The normalized spacial score (nSPS) is 32.4.